The fourth-order valence-corrected chi connectivity index (χ4v) is 2.85. The van der Waals surface area contributed by atoms with Crippen molar-refractivity contribution in [1.29, 1.82) is 0 Å². The zero-order valence-corrected chi connectivity index (χ0v) is 21.4. The fourth-order valence-electron chi connectivity index (χ4n) is 2.85. The summed E-state index contributed by atoms with van der Waals surface area (Å²) >= 11 is 0. The van der Waals surface area contributed by atoms with Gasteiger partial charge in [0.15, 0.2) is 5.96 Å². The molecule has 2 aromatic rings. The van der Waals surface area contributed by atoms with Crippen molar-refractivity contribution in [2.24, 2.45) is 10.9 Å². The van der Waals surface area contributed by atoms with Crippen molar-refractivity contribution in [1.82, 2.24) is 10.6 Å². The van der Waals surface area contributed by atoms with Crippen molar-refractivity contribution in [3.05, 3.63) is 59.7 Å². The van der Waals surface area contributed by atoms with Crippen molar-refractivity contribution in [2.75, 3.05) is 18.5 Å². The van der Waals surface area contributed by atoms with E-state index in [9.17, 15) is 4.79 Å². The van der Waals surface area contributed by atoms with Gasteiger partial charge in [0.05, 0.1) is 19.2 Å². The Morgan fingerprint density at radius 3 is 2.42 bits per heavy atom. The molecule has 31 heavy (non-hydrogen) atoms. The minimum Gasteiger partial charge on any atom is -0.493 e. The number of amides is 1. The number of halogens is 1. The molecule has 0 heterocycles. The van der Waals surface area contributed by atoms with Gasteiger partial charge in [-0.3, -0.25) is 4.79 Å². The van der Waals surface area contributed by atoms with Crippen molar-refractivity contribution in [2.45, 2.75) is 47.2 Å². The maximum atomic E-state index is 11.3. The van der Waals surface area contributed by atoms with E-state index in [0.29, 0.717) is 19.1 Å². The second-order valence-corrected chi connectivity index (χ2v) is 7.72. The second-order valence-electron chi connectivity index (χ2n) is 7.72. The third kappa shape index (κ3) is 10.0. The van der Waals surface area contributed by atoms with Crippen LogP contribution in [-0.2, 0) is 11.3 Å². The molecular weight excluding hydrogens is 503 g/mol. The molecule has 0 saturated heterocycles. The first-order valence-electron chi connectivity index (χ1n) is 10.5. The SMILES string of the molecule is CCNC(=NCc1cccc(NC(C)=O)c1)NC(C)c1ccc(OCC(C)C)cc1.I. The van der Waals surface area contributed by atoms with Crippen molar-refractivity contribution in [3.63, 3.8) is 0 Å². The number of benzene rings is 2. The average Bonchev–Trinajstić information content (AvgIpc) is 2.71. The molecule has 0 aliphatic rings. The smallest absolute Gasteiger partial charge is 0.221 e. The number of carbonyl (C=O) groups excluding carboxylic acids is 1. The van der Waals surface area contributed by atoms with E-state index in [1.807, 2.05) is 43.3 Å². The van der Waals surface area contributed by atoms with Gasteiger partial charge in [-0.15, -0.1) is 24.0 Å². The van der Waals surface area contributed by atoms with Gasteiger partial charge in [0, 0.05) is 19.2 Å². The van der Waals surface area contributed by atoms with Crippen LogP contribution in [0.15, 0.2) is 53.5 Å². The highest BCUT2D eigenvalue weighted by Gasteiger charge is 2.08. The maximum absolute atomic E-state index is 11.3. The van der Waals surface area contributed by atoms with Crippen LogP contribution < -0.4 is 20.7 Å². The number of aliphatic imine (C=N–C) groups is 1. The Morgan fingerprint density at radius 1 is 1.10 bits per heavy atom. The summed E-state index contributed by atoms with van der Waals surface area (Å²) in [5.41, 5.74) is 2.96. The van der Waals surface area contributed by atoms with Crippen LogP contribution in [0, 0.1) is 5.92 Å². The molecule has 0 saturated carbocycles. The summed E-state index contributed by atoms with van der Waals surface area (Å²) in [5.74, 6) is 2.05. The summed E-state index contributed by atoms with van der Waals surface area (Å²) in [6.07, 6.45) is 0. The van der Waals surface area contributed by atoms with Gasteiger partial charge < -0.3 is 20.7 Å². The lowest BCUT2D eigenvalue weighted by Gasteiger charge is -2.19. The third-order valence-corrected chi connectivity index (χ3v) is 4.33. The van der Waals surface area contributed by atoms with Crippen molar-refractivity contribution in [3.8, 4) is 5.75 Å². The Hall–Kier alpha value is -2.29. The normalized spacial score (nSPS) is 12.0. The van der Waals surface area contributed by atoms with Crippen LogP contribution in [0.25, 0.3) is 0 Å². The van der Waals surface area contributed by atoms with E-state index in [1.54, 1.807) is 0 Å². The van der Waals surface area contributed by atoms with Crippen LogP contribution in [0.3, 0.4) is 0 Å². The predicted molar refractivity (Wildman–Crippen MR) is 139 cm³/mol. The van der Waals surface area contributed by atoms with E-state index in [4.69, 9.17) is 9.73 Å². The van der Waals surface area contributed by atoms with Gasteiger partial charge in [0.25, 0.3) is 0 Å². The lowest BCUT2D eigenvalue weighted by molar-refractivity contribution is -0.114. The van der Waals surface area contributed by atoms with Crippen LogP contribution in [-0.4, -0.2) is 25.0 Å². The van der Waals surface area contributed by atoms with E-state index in [1.165, 1.54) is 6.92 Å². The Labute approximate surface area is 203 Å². The van der Waals surface area contributed by atoms with Crippen LogP contribution in [0.2, 0.25) is 0 Å². The van der Waals surface area contributed by atoms with Crippen molar-refractivity contribution < 1.29 is 9.53 Å². The Balaban J connectivity index is 0.00000480. The minimum atomic E-state index is -0.0832. The molecule has 1 atom stereocenters. The lowest BCUT2D eigenvalue weighted by Crippen LogP contribution is -2.38. The van der Waals surface area contributed by atoms with Gasteiger partial charge in [-0.25, -0.2) is 4.99 Å². The predicted octanol–water partition coefficient (Wildman–Crippen LogP) is 5.11. The monoisotopic (exact) mass is 538 g/mol. The number of hydrogen-bond donors (Lipinski definition) is 3. The maximum Gasteiger partial charge on any atom is 0.221 e. The van der Waals surface area contributed by atoms with E-state index in [0.717, 1.165) is 35.1 Å². The minimum absolute atomic E-state index is 0. The first-order valence-corrected chi connectivity index (χ1v) is 10.5. The number of hydrogen-bond acceptors (Lipinski definition) is 3. The largest absolute Gasteiger partial charge is 0.493 e. The Bertz CT molecular complexity index is 838. The van der Waals surface area contributed by atoms with Gasteiger partial charge in [0.1, 0.15) is 5.75 Å². The van der Waals surface area contributed by atoms with Crippen LogP contribution >= 0.6 is 24.0 Å². The van der Waals surface area contributed by atoms with E-state index < -0.39 is 0 Å². The number of rotatable bonds is 9. The molecule has 7 heteroatoms. The molecule has 0 spiro atoms. The standard InChI is InChI=1S/C24H34N4O2.HI/c1-6-25-24(26-15-20-8-7-9-22(14-20)28-19(5)29)27-18(4)21-10-12-23(13-11-21)30-16-17(2)3;/h7-14,17-18H,6,15-16H2,1-5H3,(H,28,29)(H2,25,26,27);1H. The molecule has 6 nitrogen and oxygen atoms in total. The summed E-state index contributed by atoms with van der Waals surface area (Å²) in [6.45, 7) is 11.9. The van der Waals surface area contributed by atoms with Gasteiger partial charge in [-0.05, 0) is 55.2 Å². The van der Waals surface area contributed by atoms with Gasteiger partial charge in [-0.2, -0.15) is 0 Å². The summed E-state index contributed by atoms with van der Waals surface area (Å²) < 4.78 is 5.76. The number of guanidine groups is 1. The molecule has 0 radical (unpaired) electrons. The molecule has 0 bridgehead atoms. The zero-order chi connectivity index (χ0) is 21.9. The molecule has 0 fully saturated rings. The lowest BCUT2D eigenvalue weighted by atomic mass is 10.1. The van der Waals surface area contributed by atoms with E-state index in [-0.39, 0.29) is 35.9 Å². The zero-order valence-electron chi connectivity index (χ0n) is 19.1. The molecule has 0 aliphatic heterocycles. The summed E-state index contributed by atoms with van der Waals surface area (Å²) in [5, 5.41) is 9.54. The molecule has 2 rings (SSSR count). The van der Waals surface area contributed by atoms with E-state index >= 15 is 0 Å². The highest BCUT2D eigenvalue weighted by molar-refractivity contribution is 14.0. The Kier molecular flexibility index (Phi) is 12.0. The number of anilines is 1. The van der Waals surface area contributed by atoms with Crippen LogP contribution in [0.4, 0.5) is 5.69 Å². The highest BCUT2D eigenvalue weighted by atomic mass is 127. The first kappa shape index (κ1) is 26.7. The molecule has 3 N–H and O–H groups in total. The second kappa shape index (κ2) is 13.9. The third-order valence-electron chi connectivity index (χ3n) is 4.33. The number of nitrogens with zero attached hydrogens (tertiary/aromatic N) is 1. The molecule has 0 aromatic heterocycles. The van der Waals surface area contributed by atoms with Crippen LogP contribution in [0.5, 0.6) is 5.75 Å². The molecule has 1 unspecified atom stereocenters. The van der Waals surface area contributed by atoms with Gasteiger partial charge >= 0.3 is 0 Å². The summed E-state index contributed by atoms with van der Waals surface area (Å²) in [6, 6.07) is 16.0. The molecular formula is C24H35IN4O2. The van der Waals surface area contributed by atoms with E-state index in [2.05, 4.69) is 48.9 Å². The molecule has 170 valence electrons. The van der Waals surface area contributed by atoms with Gasteiger partial charge in [0.2, 0.25) is 5.91 Å². The number of carbonyl (C=O) groups is 1. The van der Waals surface area contributed by atoms with Gasteiger partial charge in [-0.1, -0.05) is 38.1 Å². The summed E-state index contributed by atoms with van der Waals surface area (Å²) in [4.78, 5) is 15.9. The topological polar surface area (TPSA) is 74.8 Å². The molecule has 2 aromatic carbocycles. The summed E-state index contributed by atoms with van der Waals surface area (Å²) in [7, 11) is 0. The fraction of sp³-hybridized carbons (Fsp3) is 0.417. The first-order chi connectivity index (χ1) is 14.4. The van der Waals surface area contributed by atoms with Crippen molar-refractivity contribution >= 4 is 41.5 Å². The van der Waals surface area contributed by atoms with Crippen LogP contribution in [0.1, 0.15) is 51.8 Å². The number of nitrogens with one attached hydrogen (secondary N) is 3. The molecule has 1 amide bonds. The highest BCUT2D eigenvalue weighted by Crippen LogP contribution is 2.18. The quantitative estimate of drug-likeness (QED) is 0.236. The average molecular weight is 538 g/mol. The Morgan fingerprint density at radius 2 is 1.81 bits per heavy atom. The number of ether oxygens (including phenoxy) is 1. The molecule has 0 aliphatic carbocycles.